The molecule has 2 amide bonds. The third kappa shape index (κ3) is 3.64. The van der Waals surface area contributed by atoms with Crippen LogP contribution < -0.4 is 5.32 Å². The van der Waals surface area contributed by atoms with Crippen LogP contribution in [0.1, 0.15) is 38.5 Å². The van der Waals surface area contributed by atoms with E-state index in [1.165, 1.54) is 29.9 Å². The monoisotopic (exact) mass is 388 g/mol. The van der Waals surface area contributed by atoms with Gasteiger partial charge in [-0.05, 0) is 18.9 Å². The Morgan fingerprint density at radius 2 is 2.07 bits per heavy atom. The molecule has 1 saturated heterocycles. The van der Waals surface area contributed by atoms with Gasteiger partial charge in [-0.15, -0.1) is 0 Å². The Hall–Kier alpha value is -2.55. The highest BCUT2D eigenvalue weighted by Gasteiger charge is 2.38. The molecule has 1 aromatic carbocycles. The number of nitrogens with zero attached hydrogens (tertiary/aromatic N) is 3. The Bertz CT molecular complexity index is 906. The lowest BCUT2D eigenvalue weighted by Crippen LogP contribution is -2.38. The van der Waals surface area contributed by atoms with E-state index in [-0.39, 0.29) is 35.9 Å². The van der Waals surface area contributed by atoms with Crippen molar-refractivity contribution in [3.05, 3.63) is 28.3 Å². The van der Waals surface area contributed by atoms with Crippen molar-refractivity contribution in [3.63, 3.8) is 0 Å². The molecule has 2 heterocycles. The smallest absolute Gasteiger partial charge is 0.270 e. The van der Waals surface area contributed by atoms with E-state index in [0.29, 0.717) is 21.9 Å². The first-order valence-corrected chi connectivity index (χ1v) is 9.98. The summed E-state index contributed by atoms with van der Waals surface area (Å²) in [6, 6.07) is 4.69. The number of fused-ring (bicyclic) bond motifs is 1. The van der Waals surface area contributed by atoms with Gasteiger partial charge >= 0.3 is 0 Å². The maximum atomic E-state index is 12.6. The van der Waals surface area contributed by atoms with Gasteiger partial charge in [0.1, 0.15) is 0 Å². The first-order chi connectivity index (χ1) is 13.0. The molecule has 8 nitrogen and oxygen atoms in total. The number of aromatic nitrogens is 1. The number of thiazole rings is 1. The largest absolute Gasteiger partial charge is 0.339 e. The van der Waals surface area contributed by atoms with E-state index in [9.17, 15) is 19.7 Å². The number of nitro groups is 1. The highest BCUT2D eigenvalue weighted by atomic mass is 32.1. The van der Waals surface area contributed by atoms with Crippen LogP contribution in [0.25, 0.3) is 10.2 Å². The average molecular weight is 388 g/mol. The van der Waals surface area contributed by atoms with Gasteiger partial charge in [0.15, 0.2) is 5.13 Å². The number of likely N-dealkylation sites (tertiary alicyclic amines) is 1. The number of hydrogen-bond acceptors (Lipinski definition) is 6. The molecule has 0 bridgehead atoms. The van der Waals surface area contributed by atoms with Crippen molar-refractivity contribution in [2.24, 2.45) is 5.92 Å². The van der Waals surface area contributed by atoms with Crippen LogP contribution in [0.5, 0.6) is 0 Å². The van der Waals surface area contributed by atoms with Gasteiger partial charge in [-0.1, -0.05) is 30.6 Å². The maximum absolute atomic E-state index is 12.6. The molecule has 9 heteroatoms. The molecular weight excluding hydrogens is 368 g/mol. The van der Waals surface area contributed by atoms with Gasteiger partial charge in [0.05, 0.1) is 21.1 Å². The fourth-order valence-corrected chi connectivity index (χ4v) is 4.84. The third-order valence-corrected chi connectivity index (χ3v) is 6.29. The molecule has 1 N–H and O–H groups in total. The van der Waals surface area contributed by atoms with Crippen molar-refractivity contribution in [1.82, 2.24) is 9.88 Å². The predicted molar refractivity (Wildman–Crippen MR) is 102 cm³/mol. The molecule has 1 aromatic heterocycles. The van der Waals surface area contributed by atoms with Gasteiger partial charge in [-0.25, -0.2) is 4.98 Å². The lowest BCUT2D eigenvalue weighted by Gasteiger charge is -2.31. The fourth-order valence-electron chi connectivity index (χ4n) is 3.94. The topological polar surface area (TPSA) is 105 Å². The van der Waals surface area contributed by atoms with Crippen molar-refractivity contribution in [2.75, 3.05) is 11.9 Å². The van der Waals surface area contributed by atoms with Crippen molar-refractivity contribution in [1.29, 1.82) is 0 Å². The number of hydrogen-bond donors (Lipinski definition) is 1. The zero-order valence-corrected chi connectivity index (χ0v) is 15.5. The van der Waals surface area contributed by atoms with Crippen LogP contribution in [0.15, 0.2) is 18.2 Å². The Morgan fingerprint density at radius 1 is 1.30 bits per heavy atom. The molecule has 2 fully saturated rings. The molecular formula is C18H20N4O4S. The summed E-state index contributed by atoms with van der Waals surface area (Å²) in [4.78, 5) is 41.6. The quantitative estimate of drug-likeness (QED) is 0.639. The number of anilines is 1. The molecule has 1 atom stereocenters. The second-order valence-electron chi connectivity index (χ2n) is 7.16. The summed E-state index contributed by atoms with van der Waals surface area (Å²) in [5.74, 6) is -0.530. The van der Waals surface area contributed by atoms with E-state index < -0.39 is 4.92 Å². The summed E-state index contributed by atoms with van der Waals surface area (Å²) in [6.45, 7) is 0.464. The SMILES string of the molecule is O=C(Nc1nc2ccc([N+](=O)[O-])cc2s1)[C@H]1CC(=O)N(C2CCCCC2)C1. The van der Waals surface area contributed by atoms with Gasteiger partial charge in [0.2, 0.25) is 11.8 Å². The number of carbonyl (C=O) groups is 2. The van der Waals surface area contributed by atoms with Crippen molar-refractivity contribution >= 4 is 44.2 Å². The van der Waals surface area contributed by atoms with E-state index in [0.717, 1.165) is 25.7 Å². The molecule has 1 saturated carbocycles. The van der Waals surface area contributed by atoms with Crippen molar-refractivity contribution in [3.8, 4) is 0 Å². The molecule has 4 rings (SSSR count). The molecule has 142 valence electrons. The number of nitro benzene ring substituents is 1. The van der Waals surface area contributed by atoms with E-state index >= 15 is 0 Å². The number of rotatable bonds is 4. The molecule has 2 aliphatic rings. The molecule has 0 spiro atoms. The van der Waals surface area contributed by atoms with Gasteiger partial charge in [-0.3, -0.25) is 19.7 Å². The summed E-state index contributed by atoms with van der Waals surface area (Å²) >= 11 is 1.20. The van der Waals surface area contributed by atoms with Crippen LogP contribution in [0.3, 0.4) is 0 Å². The first-order valence-electron chi connectivity index (χ1n) is 9.16. The van der Waals surface area contributed by atoms with Crippen molar-refractivity contribution in [2.45, 2.75) is 44.6 Å². The highest BCUT2D eigenvalue weighted by molar-refractivity contribution is 7.22. The number of nitrogens with one attached hydrogen (secondary N) is 1. The number of non-ortho nitro benzene ring substituents is 1. The highest BCUT2D eigenvalue weighted by Crippen LogP contribution is 2.31. The van der Waals surface area contributed by atoms with Crippen LogP contribution in [-0.2, 0) is 9.59 Å². The summed E-state index contributed by atoms with van der Waals surface area (Å²) in [5, 5.41) is 14.1. The van der Waals surface area contributed by atoms with Crippen LogP contribution in [0.2, 0.25) is 0 Å². The van der Waals surface area contributed by atoms with E-state index in [1.54, 1.807) is 6.07 Å². The lowest BCUT2D eigenvalue weighted by molar-refractivity contribution is -0.384. The van der Waals surface area contributed by atoms with Gasteiger partial charge < -0.3 is 10.2 Å². The Morgan fingerprint density at radius 3 is 2.81 bits per heavy atom. The molecule has 2 aromatic rings. The normalized spacial score (nSPS) is 21.0. The third-order valence-electron chi connectivity index (χ3n) is 5.36. The molecule has 0 unspecified atom stereocenters. The number of carbonyl (C=O) groups excluding carboxylic acids is 2. The van der Waals surface area contributed by atoms with Crippen LogP contribution in [0.4, 0.5) is 10.8 Å². The van der Waals surface area contributed by atoms with Gasteiger partial charge in [0, 0.05) is 31.1 Å². The van der Waals surface area contributed by atoms with Crippen LogP contribution >= 0.6 is 11.3 Å². The minimum absolute atomic E-state index is 0.00598. The Labute approximate surface area is 159 Å². The summed E-state index contributed by atoms with van der Waals surface area (Å²) < 4.78 is 0.644. The zero-order valence-electron chi connectivity index (χ0n) is 14.7. The average Bonchev–Trinajstić information content (AvgIpc) is 3.24. The lowest BCUT2D eigenvalue weighted by atomic mass is 9.94. The fraction of sp³-hybridized carbons (Fsp3) is 0.500. The summed E-state index contributed by atoms with van der Waals surface area (Å²) in [7, 11) is 0. The van der Waals surface area contributed by atoms with Crippen LogP contribution in [0, 0.1) is 16.0 Å². The number of amides is 2. The molecule has 0 radical (unpaired) electrons. The van der Waals surface area contributed by atoms with Crippen molar-refractivity contribution < 1.29 is 14.5 Å². The second-order valence-corrected chi connectivity index (χ2v) is 8.19. The summed E-state index contributed by atoms with van der Waals surface area (Å²) in [6.07, 6.45) is 5.79. The van der Waals surface area contributed by atoms with Gasteiger partial charge in [-0.2, -0.15) is 0 Å². The van der Waals surface area contributed by atoms with E-state index in [2.05, 4.69) is 10.3 Å². The number of benzene rings is 1. The van der Waals surface area contributed by atoms with Gasteiger partial charge in [0.25, 0.3) is 5.69 Å². The molecule has 1 aliphatic carbocycles. The van der Waals surface area contributed by atoms with E-state index in [1.807, 2.05) is 4.90 Å². The Kier molecular flexibility index (Phi) is 4.77. The summed E-state index contributed by atoms with van der Waals surface area (Å²) in [5.41, 5.74) is 0.598. The predicted octanol–water partition coefficient (Wildman–Crippen LogP) is 3.32. The first kappa shape index (κ1) is 17.8. The minimum Gasteiger partial charge on any atom is -0.339 e. The molecule has 1 aliphatic heterocycles. The maximum Gasteiger partial charge on any atom is 0.270 e. The Balaban J connectivity index is 1.43. The second kappa shape index (κ2) is 7.22. The molecule has 27 heavy (non-hydrogen) atoms. The zero-order chi connectivity index (χ0) is 19.0. The minimum atomic E-state index is -0.457. The van der Waals surface area contributed by atoms with E-state index in [4.69, 9.17) is 0 Å². The van der Waals surface area contributed by atoms with Crippen LogP contribution in [-0.4, -0.2) is 39.2 Å². The standard InChI is InChI=1S/C18H20N4O4S/c23-16-8-11(10-21(16)12-4-2-1-3-5-12)17(24)20-18-19-14-7-6-13(22(25)26)9-15(14)27-18/h6-7,9,11-12H,1-5,8,10H2,(H,19,20,24)/t11-/m0/s1.